The number of hydrogen-bond donors (Lipinski definition) is 0. The lowest BCUT2D eigenvalue weighted by molar-refractivity contribution is 0.242. The highest BCUT2D eigenvalue weighted by atomic mass is 35.5. The average molecular weight is 447 g/mol. The summed E-state index contributed by atoms with van der Waals surface area (Å²) in [5.74, 6) is 4.70. The van der Waals surface area contributed by atoms with Crippen LogP contribution in [0, 0.1) is 11.8 Å². The molecule has 0 aliphatic heterocycles. The SMILES string of the molecule is ClC1C2c3ccccc3C1C1C3C=CC(c4c(-c5ccccc5)oc(-c5ccccc5)c43)C21. The number of benzene rings is 3. The molecule has 4 aromatic rings. The van der Waals surface area contributed by atoms with Gasteiger partial charge in [0.2, 0.25) is 0 Å². The van der Waals surface area contributed by atoms with Gasteiger partial charge in [-0.25, -0.2) is 0 Å². The number of alkyl halides is 1. The zero-order valence-corrected chi connectivity index (χ0v) is 18.8. The highest BCUT2D eigenvalue weighted by Crippen LogP contribution is 2.73. The molecule has 0 amide bonds. The fourth-order valence-electron chi connectivity index (χ4n) is 7.73. The second-order valence-corrected chi connectivity index (χ2v) is 10.5. The van der Waals surface area contributed by atoms with Crippen LogP contribution in [0.2, 0.25) is 0 Å². The van der Waals surface area contributed by atoms with Crippen molar-refractivity contribution in [2.24, 2.45) is 11.8 Å². The van der Waals surface area contributed by atoms with Crippen molar-refractivity contribution in [1.29, 1.82) is 0 Å². The van der Waals surface area contributed by atoms with E-state index in [9.17, 15) is 0 Å². The third kappa shape index (κ3) is 2.24. The molecule has 3 aromatic carbocycles. The number of furan rings is 1. The highest BCUT2D eigenvalue weighted by molar-refractivity contribution is 6.22. The van der Waals surface area contributed by atoms with E-state index in [1.54, 1.807) is 0 Å². The number of hydrogen-bond acceptors (Lipinski definition) is 1. The van der Waals surface area contributed by atoms with E-state index in [0.29, 0.717) is 35.5 Å². The molecular formula is C31H23ClO. The van der Waals surface area contributed by atoms with Crippen LogP contribution in [0.25, 0.3) is 22.6 Å². The van der Waals surface area contributed by atoms with Gasteiger partial charge in [0.05, 0.1) is 0 Å². The molecule has 0 spiro atoms. The summed E-state index contributed by atoms with van der Waals surface area (Å²) in [5, 5.41) is 0.184. The first-order chi connectivity index (χ1) is 16.3. The number of fused-ring (bicyclic) bond motifs is 5. The maximum absolute atomic E-state index is 7.25. The quantitative estimate of drug-likeness (QED) is 0.224. The largest absolute Gasteiger partial charge is 0.455 e. The van der Waals surface area contributed by atoms with Gasteiger partial charge in [-0.1, -0.05) is 97.1 Å². The van der Waals surface area contributed by atoms with Crippen molar-refractivity contribution in [3.63, 3.8) is 0 Å². The fraction of sp³-hybridized carbons (Fsp3) is 0.226. The fourth-order valence-corrected chi connectivity index (χ4v) is 8.34. The van der Waals surface area contributed by atoms with E-state index in [2.05, 4.69) is 97.1 Å². The molecule has 1 fully saturated rings. The lowest BCUT2D eigenvalue weighted by Gasteiger charge is -2.47. The Morgan fingerprint density at radius 2 is 0.970 bits per heavy atom. The Bertz CT molecular complexity index is 1310. The predicted octanol–water partition coefficient (Wildman–Crippen LogP) is 8.10. The first-order valence-electron chi connectivity index (χ1n) is 12.0. The topological polar surface area (TPSA) is 13.1 Å². The van der Waals surface area contributed by atoms with Crippen molar-refractivity contribution in [1.82, 2.24) is 0 Å². The Morgan fingerprint density at radius 1 is 0.545 bits per heavy atom. The summed E-state index contributed by atoms with van der Waals surface area (Å²) in [4.78, 5) is 0. The van der Waals surface area contributed by atoms with E-state index in [-0.39, 0.29) is 5.38 Å². The monoisotopic (exact) mass is 446 g/mol. The normalized spacial score (nSPS) is 32.0. The van der Waals surface area contributed by atoms with E-state index < -0.39 is 0 Å². The predicted molar refractivity (Wildman–Crippen MR) is 133 cm³/mol. The Hall–Kier alpha value is -3.03. The van der Waals surface area contributed by atoms with Crippen LogP contribution < -0.4 is 0 Å². The summed E-state index contributed by atoms with van der Waals surface area (Å²) in [5.41, 5.74) is 8.11. The molecule has 160 valence electrons. The second-order valence-electron chi connectivity index (χ2n) is 10.0. The van der Waals surface area contributed by atoms with Crippen molar-refractivity contribution in [3.8, 4) is 22.6 Å². The number of halogens is 1. The molecule has 0 N–H and O–H groups in total. The van der Waals surface area contributed by atoms with Gasteiger partial charge in [0.1, 0.15) is 11.5 Å². The maximum Gasteiger partial charge on any atom is 0.138 e. The van der Waals surface area contributed by atoms with Gasteiger partial charge in [0.15, 0.2) is 0 Å². The molecule has 1 heterocycles. The van der Waals surface area contributed by atoms with E-state index in [1.165, 1.54) is 33.4 Å². The lowest BCUT2D eigenvalue weighted by Crippen LogP contribution is -2.38. The smallest absolute Gasteiger partial charge is 0.138 e. The van der Waals surface area contributed by atoms with Gasteiger partial charge in [0.25, 0.3) is 0 Å². The minimum Gasteiger partial charge on any atom is -0.455 e. The third-order valence-electron chi connectivity index (χ3n) is 8.75. The summed E-state index contributed by atoms with van der Waals surface area (Å²) in [6, 6.07) is 30.3. The Morgan fingerprint density at radius 3 is 1.42 bits per heavy atom. The molecule has 6 unspecified atom stereocenters. The molecule has 0 radical (unpaired) electrons. The van der Waals surface area contributed by atoms with Gasteiger partial charge in [-0.15, -0.1) is 11.6 Å². The average Bonchev–Trinajstić information content (AvgIpc) is 3.53. The molecule has 6 atom stereocenters. The number of allylic oxidation sites excluding steroid dienone is 2. The van der Waals surface area contributed by atoms with Crippen molar-refractivity contribution < 1.29 is 4.42 Å². The summed E-state index contributed by atoms with van der Waals surface area (Å²) in [6.45, 7) is 0. The van der Waals surface area contributed by atoms with Crippen LogP contribution in [0.3, 0.4) is 0 Å². The van der Waals surface area contributed by atoms with Gasteiger partial charge in [-0.05, 0) is 23.0 Å². The standard InChI is InChI=1S/C31H23ClO/c32-29-25-19-13-7-8-14-20(19)26(29)24-22-16-15-21(23(24)25)27-28(22)31(18-11-5-2-6-12-18)33-30(27)17-9-3-1-4-10-17/h1-16,21-26,29H. The zero-order valence-electron chi connectivity index (χ0n) is 18.1. The molecular weight excluding hydrogens is 424 g/mol. The Labute approximate surface area is 198 Å². The van der Waals surface area contributed by atoms with Crippen molar-refractivity contribution in [2.75, 3.05) is 0 Å². The van der Waals surface area contributed by atoms with Crippen LogP contribution in [0.4, 0.5) is 0 Å². The lowest BCUT2D eigenvalue weighted by atomic mass is 9.55. The van der Waals surface area contributed by atoms with Crippen LogP contribution in [0.5, 0.6) is 0 Å². The summed E-state index contributed by atoms with van der Waals surface area (Å²) >= 11 is 7.25. The molecule has 9 rings (SSSR count). The first-order valence-corrected chi connectivity index (χ1v) is 12.4. The van der Waals surface area contributed by atoms with Crippen molar-refractivity contribution in [2.45, 2.75) is 29.0 Å². The van der Waals surface area contributed by atoms with Crippen molar-refractivity contribution >= 4 is 11.6 Å². The molecule has 33 heavy (non-hydrogen) atoms. The number of rotatable bonds is 2. The zero-order chi connectivity index (χ0) is 21.7. The summed E-state index contributed by atoms with van der Waals surface area (Å²) in [6.07, 6.45) is 4.94. The van der Waals surface area contributed by atoms with Crippen LogP contribution in [-0.2, 0) is 0 Å². The van der Waals surface area contributed by atoms with Gasteiger partial charge in [-0.3, -0.25) is 0 Å². The molecule has 0 saturated heterocycles. The van der Waals surface area contributed by atoms with Crippen LogP contribution in [-0.4, -0.2) is 5.38 Å². The molecule has 5 aliphatic rings. The van der Waals surface area contributed by atoms with Gasteiger partial charge < -0.3 is 4.42 Å². The maximum atomic E-state index is 7.25. The molecule has 4 bridgehead atoms. The van der Waals surface area contributed by atoms with E-state index in [1.807, 2.05) is 0 Å². The Kier molecular flexibility index (Phi) is 3.63. The molecule has 2 heteroatoms. The van der Waals surface area contributed by atoms with E-state index in [4.69, 9.17) is 16.0 Å². The molecule has 1 aromatic heterocycles. The molecule has 5 aliphatic carbocycles. The molecule has 1 nitrogen and oxygen atoms in total. The van der Waals surface area contributed by atoms with Gasteiger partial charge >= 0.3 is 0 Å². The minimum atomic E-state index is 0.184. The van der Waals surface area contributed by atoms with Crippen LogP contribution in [0.15, 0.2) is 101 Å². The second kappa shape index (κ2) is 6.52. The van der Waals surface area contributed by atoms with Gasteiger partial charge in [-0.2, -0.15) is 0 Å². The van der Waals surface area contributed by atoms with Crippen LogP contribution in [0.1, 0.15) is 45.9 Å². The first kappa shape index (κ1) is 18.4. The van der Waals surface area contributed by atoms with Gasteiger partial charge in [0, 0.05) is 51.3 Å². The van der Waals surface area contributed by atoms with E-state index in [0.717, 1.165) is 11.5 Å². The van der Waals surface area contributed by atoms with Crippen molar-refractivity contribution in [3.05, 3.63) is 119 Å². The third-order valence-corrected chi connectivity index (χ3v) is 9.29. The Balaban J connectivity index is 1.39. The molecule has 1 saturated carbocycles. The minimum absolute atomic E-state index is 0.184. The summed E-state index contributed by atoms with van der Waals surface area (Å²) in [7, 11) is 0. The summed E-state index contributed by atoms with van der Waals surface area (Å²) < 4.78 is 6.81. The van der Waals surface area contributed by atoms with E-state index >= 15 is 0 Å². The highest BCUT2D eigenvalue weighted by Gasteiger charge is 2.64. The van der Waals surface area contributed by atoms with Crippen LogP contribution >= 0.6 is 11.6 Å².